The normalized spacial score (nSPS) is 34.4. The lowest BCUT2D eigenvalue weighted by atomic mass is 9.69. The van der Waals surface area contributed by atoms with Crippen molar-refractivity contribution in [3.63, 3.8) is 0 Å². The van der Waals surface area contributed by atoms with E-state index in [1.54, 1.807) is 12.1 Å². The highest BCUT2D eigenvalue weighted by molar-refractivity contribution is 6.45. The first kappa shape index (κ1) is 15.4. The van der Waals surface area contributed by atoms with Gasteiger partial charge in [0.25, 0.3) is 5.60 Å². The van der Waals surface area contributed by atoms with Gasteiger partial charge in [-0.15, -0.1) is 0 Å². The molecule has 134 valence electrons. The molecule has 6 rings (SSSR count). The van der Waals surface area contributed by atoms with Crippen molar-refractivity contribution >= 4 is 33.9 Å². The Balaban J connectivity index is 1.65. The van der Waals surface area contributed by atoms with Crippen LogP contribution in [0.4, 0.5) is 0 Å². The molecule has 6 nitrogen and oxygen atoms in total. The minimum atomic E-state index is -1.84. The van der Waals surface area contributed by atoms with Gasteiger partial charge in [-0.05, 0) is 29.7 Å². The summed E-state index contributed by atoms with van der Waals surface area (Å²) in [6.45, 7) is 0. The zero-order valence-electron chi connectivity index (χ0n) is 13.6. The molecule has 2 aromatic rings. The molecule has 1 spiro atoms. The summed E-state index contributed by atoms with van der Waals surface area (Å²) in [6.07, 6.45) is 2.33. The van der Waals surface area contributed by atoms with Crippen LogP contribution in [0.5, 0.6) is 11.5 Å². The molecule has 4 aliphatic rings. The van der Waals surface area contributed by atoms with E-state index in [9.17, 15) is 14.7 Å². The predicted octanol–water partition coefficient (Wildman–Crippen LogP) is 2.02. The van der Waals surface area contributed by atoms with Crippen molar-refractivity contribution in [3.8, 4) is 11.5 Å². The Labute approximate surface area is 157 Å². The lowest BCUT2D eigenvalue weighted by Gasteiger charge is -2.43. The Kier molecular flexibility index (Phi) is 2.52. The maximum Gasteiger partial charge on any atom is 0.313 e. The minimum absolute atomic E-state index is 0.211. The fourth-order valence-electron chi connectivity index (χ4n) is 4.50. The second-order valence-corrected chi connectivity index (χ2v) is 7.40. The molecule has 2 aliphatic heterocycles. The summed E-state index contributed by atoms with van der Waals surface area (Å²) >= 11 is 6.19. The summed E-state index contributed by atoms with van der Waals surface area (Å²) in [5.41, 5.74) is -3.68. The molecule has 0 unspecified atom stereocenters. The van der Waals surface area contributed by atoms with E-state index in [1.165, 1.54) is 18.2 Å². The van der Waals surface area contributed by atoms with Crippen molar-refractivity contribution < 1.29 is 28.9 Å². The van der Waals surface area contributed by atoms with Crippen molar-refractivity contribution in [1.29, 1.82) is 0 Å². The number of ether oxygens (including phenoxy) is 3. The van der Waals surface area contributed by atoms with Gasteiger partial charge in [-0.25, -0.2) is 0 Å². The number of aliphatic hydroxyl groups is 1. The molecule has 7 heteroatoms. The van der Waals surface area contributed by atoms with E-state index in [0.717, 1.165) is 10.8 Å². The van der Waals surface area contributed by atoms with E-state index >= 15 is 0 Å². The van der Waals surface area contributed by atoms with Crippen molar-refractivity contribution in [1.82, 2.24) is 0 Å². The molecule has 0 radical (unpaired) electrons. The number of benzene rings is 2. The molecular weight excluding hydrogens is 372 g/mol. The Morgan fingerprint density at radius 1 is 1.04 bits per heavy atom. The molecule has 0 amide bonds. The van der Waals surface area contributed by atoms with E-state index < -0.39 is 34.7 Å². The van der Waals surface area contributed by atoms with E-state index in [2.05, 4.69) is 0 Å². The molecule has 0 aromatic heterocycles. The average molecular weight is 383 g/mol. The molecule has 2 aliphatic carbocycles. The zero-order chi connectivity index (χ0) is 18.6. The monoisotopic (exact) mass is 382 g/mol. The Bertz CT molecular complexity index is 1110. The number of carbonyl (C=O) groups excluding carboxylic acids is 2. The molecule has 2 aromatic carbocycles. The van der Waals surface area contributed by atoms with Gasteiger partial charge in [-0.2, -0.15) is 0 Å². The number of ketones is 2. The summed E-state index contributed by atoms with van der Waals surface area (Å²) < 4.78 is 18.0. The average Bonchev–Trinajstić information content (AvgIpc) is 3.39. The topological polar surface area (TPSA) is 85.4 Å². The van der Waals surface area contributed by atoms with Crippen LogP contribution in [0.25, 0.3) is 10.8 Å². The SMILES string of the molecule is O=C1C(Cl)=CC2(Oc3cccc4cccc(c34)O2)[C@]23O[C@]12[C@H](O)C=CC3=O. The first-order chi connectivity index (χ1) is 13.0. The molecule has 2 heterocycles. The third-order valence-electron chi connectivity index (χ3n) is 5.70. The van der Waals surface area contributed by atoms with Crippen LogP contribution in [-0.4, -0.2) is 39.8 Å². The molecule has 27 heavy (non-hydrogen) atoms. The Morgan fingerprint density at radius 2 is 1.70 bits per heavy atom. The number of hydrogen-bond acceptors (Lipinski definition) is 6. The van der Waals surface area contributed by atoms with Crippen LogP contribution in [-0.2, 0) is 14.3 Å². The summed E-state index contributed by atoms with van der Waals surface area (Å²) in [5, 5.41) is 11.9. The maximum atomic E-state index is 12.9. The highest BCUT2D eigenvalue weighted by Crippen LogP contribution is 2.66. The van der Waals surface area contributed by atoms with Crippen molar-refractivity contribution in [3.05, 3.63) is 59.7 Å². The summed E-state index contributed by atoms with van der Waals surface area (Å²) in [4.78, 5) is 25.7. The van der Waals surface area contributed by atoms with Gasteiger partial charge >= 0.3 is 5.79 Å². The van der Waals surface area contributed by atoms with Crippen LogP contribution >= 0.6 is 11.6 Å². The summed E-state index contributed by atoms with van der Waals surface area (Å²) in [5.74, 6) is -2.04. The van der Waals surface area contributed by atoms with Crippen LogP contribution in [0.1, 0.15) is 0 Å². The third-order valence-corrected chi connectivity index (χ3v) is 5.98. The number of carbonyl (C=O) groups is 2. The number of halogens is 1. The highest BCUT2D eigenvalue weighted by atomic mass is 35.5. The Morgan fingerprint density at radius 3 is 2.37 bits per heavy atom. The van der Waals surface area contributed by atoms with Crippen LogP contribution in [0, 0.1) is 0 Å². The molecule has 1 N–H and O–H groups in total. The lowest BCUT2D eigenvalue weighted by Crippen LogP contribution is -2.67. The number of hydrogen-bond donors (Lipinski definition) is 1. The first-order valence-electron chi connectivity index (χ1n) is 8.39. The second kappa shape index (κ2) is 4.42. The van der Waals surface area contributed by atoms with Gasteiger partial charge in [0.15, 0.2) is 5.78 Å². The lowest BCUT2D eigenvalue weighted by molar-refractivity contribution is -0.157. The third kappa shape index (κ3) is 1.46. The quantitative estimate of drug-likeness (QED) is 0.702. The minimum Gasteiger partial charge on any atom is -0.445 e. The number of rotatable bonds is 0. The standard InChI is InChI=1S/C20H11ClO6/c21-11-9-18(20-15(23)8-7-14(22)19(20,27-20)17(11)24)25-12-5-1-3-10-4-2-6-13(26-18)16(10)12/h1-9,14,22H/t14-,19-,20+/m1/s1. The second-order valence-electron chi connectivity index (χ2n) is 6.99. The molecule has 1 fully saturated rings. The van der Waals surface area contributed by atoms with Crippen LogP contribution in [0.2, 0.25) is 0 Å². The van der Waals surface area contributed by atoms with Gasteiger partial charge in [0.05, 0.1) is 10.4 Å². The van der Waals surface area contributed by atoms with Gasteiger partial charge in [-0.3, -0.25) is 9.59 Å². The predicted molar refractivity (Wildman–Crippen MR) is 93.6 cm³/mol. The van der Waals surface area contributed by atoms with Gasteiger partial charge < -0.3 is 19.3 Å². The van der Waals surface area contributed by atoms with Gasteiger partial charge in [-0.1, -0.05) is 35.9 Å². The van der Waals surface area contributed by atoms with Crippen LogP contribution < -0.4 is 9.47 Å². The molecule has 0 saturated carbocycles. The van der Waals surface area contributed by atoms with E-state index in [1.807, 2.05) is 24.3 Å². The number of epoxide rings is 1. The van der Waals surface area contributed by atoms with Crippen molar-refractivity contribution in [2.75, 3.05) is 0 Å². The number of aliphatic hydroxyl groups excluding tert-OH is 1. The fourth-order valence-corrected chi connectivity index (χ4v) is 4.78. The van der Waals surface area contributed by atoms with Crippen molar-refractivity contribution in [2.24, 2.45) is 0 Å². The maximum absolute atomic E-state index is 12.9. The first-order valence-corrected chi connectivity index (χ1v) is 8.77. The van der Waals surface area contributed by atoms with E-state index in [-0.39, 0.29) is 5.03 Å². The fraction of sp³-hybridized carbons (Fsp3) is 0.200. The highest BCUT2D eigenvalue weighted by Gasteiger charge is 2.93. The molecular formula is C20H11ClO6. The molecule has 3 atom stereocenters. The van der Waals surface area contributed by atoms with Crippen LogP contribution in [0.3, 0.4) is 0 Å². The largest absolute Gasteiger partial charge is 0.445 e. The van der Waals surface area contributed by atoms with E-state index in [0.29, 0.717) is 11.5 Å². The van der Waals surface area contributed by atoms with E-state index in [4.69, 9.17) is 25.8 Å². The summed E-state index contributed by atoms with van der Waals surface area (Å²) in [7, 11) is 0. The van der Waals surface area contributed by atoms with Crippen molar-refractivity contribution in [2.45, 2.75) is 23.1 Å². The smallest absolute Gasteiger partial charge is 0.313 e. The Hall–Kier alpha value is -2.67. The molecule has 1 saturated heterocycles. The van der Waals surface area contributed by atoms with Crippen LogP contribution in [0.15, 0.2) is 59.7 Å². The zero-order valence-corrected chi connectivity index (χ0v) is 14.4. The molecule has 0 bridgehead atoms. The number of Topliss-reactive ketones (excluding diaryl/α,β-unsaturated/α-hetero) is 1. The summed E-state index contributed by atoms with van der Waals surface area (Å²) in [6, 6.07) is 10.9. The van der Waals surface area contributed by atoms with Gasteiger partial charge in [0, 0.05) is 6.08 Å². The van der Waals surface area contributed by atoms with Gasteiger partial charge in [0.1, 0.15) is 17.6 Å². The van der Waals surface area contributed by atoms with Gasteiger partial charge in [0.2, 0.25) is 11.4 Å².